The van der Waals surface area contributed by atoms with Crippen molar-refractivity contribution in [2.24, 2.45) is 5.73 Å². The van der Waals surface area contributed by atoms with Crippen molar-refractivity contribution in [3.05, 3.63) is 34.9 Å². The van der Waals surface area contributed by atoms with Gasteiger partial charge >= 0.3 is 5.97 Å². The van der Waals surface area contributed by atoms with Gasteiger partial charge in [-0.05, 0) is 30.7 Å². The summed E-state index contributed by atoms with van der Waals surface area (Å²) in [5.41, 5.74) is 7.03. The summed E-state index contributed by atoms with van der Waals surface area (Å²) < 4.78 is 0. The van der Waals surface area contributed by atoms with Gasteiger partial charge < -0.3 is 10.8 Å². The van der Waals surface area contributed by atoms with Crippen LogP contribution in [-0.4, -0.2) is 17.6 Å². The molecule has 0 saturated carbocycles. The van der Waals surface area contributed by atoms with E-state index in [1.165, 1.54) is 0 Å². The van der Waals surface area contributed by atoms with Crippen molar-refractivity contribution in [3.8, 4) is 11.8 Å². The zero-order valence-electron chi connectivity index (χ0n) is 7.87. The Morgan fingerprint density at radius 1 is 1.57 bits per heavy atom. The van der Waals surface area contributed by atoms with E-state index in [9.17, 15) is 4.79 Å². The molecule has 0 unspecified atom stereocenters. The quantitative estimate of drug-likeness (QED) is 0.648. The molecule has 0 atom stereocenters. The van der Waals surface area contributed by atoms with Gasteiger partial charge in [-0.1, -0.05) is 11.8 Å². The molecule has 0 aliphatic heterocycles. The molecule has 0 spiro atoms. The molecule has 0 heterocycles. The van der Waals surface area contributed by atoms with Crippen molar-refractivity contribution in [1.82, 2.24) is 0 Å². The molecule has 0 saturated heterocycles. The van der Waals surface area contributed by atoms with Gasteiger partial charge in [-0.3, -0.25) is 0 Å². The minimum atomic E-state index is -0.916. The minimum absolute atomic E-state index is 0.305. The highest BCUT2D eigenvalue weighted by Gasteiger charge is 2.05. The molecular weight excluding hydrogens is 178 g/mol. The number of hydrogen-bond acceptors (Lipinski definition) is 2. The lowest BCUT2D eigenvalue weighted by Gasteiger charge is -2.00. The molecule has 0 amide bonds. The van der Waals surface area contributed by atoms with E-state index in [0.717, 1.165) is 5.56 Å². The number of nitrogens with two attached hydrogens (primary N) is 1. The highest BCUT2D eigenvalue weighted by atomic mass is 16.4. The fourth-order valence-electron chi connectivity index (χ4n) is 1.13. The minimum Gasteiger partial charge on any atom is -0.478 e. The third kappa shape index (κ3) is 2.35. The molecule has 0 aliphatic rings. The molecule has 0 fully saturated rings. The molecule has 3 heteroatoms. The number of benzene rings is 1. The molecule has 0 radical (unpaired) electrons. The van der Waals surface area contributed by atoms with E-state index in [0.29, 0.717) is 17.7 Å². The van der Waals surface area contributed by atoms with Crippen molar-refractivity contribution in [3.63, 3.8) is 0 Å². The van der Waals surface area contributed by atoms with E-state index >= 15 is 0 Å². The van der Waals surface area contributed by atoms with Crippen LogP contribution in [0.15, 0.2) is 18.2 Å². The fourth-order valence-corrected chi connectivity index (χ4v) is 1.13. The Balaban J connectivity index is 3.06. The normalized spacial score (nSPS) is 9.00. The topological polar surface area (TPSA) is 63.3 Å². The van der Waals surface area contributed by atoms with Crippen LogP contribution in [0, 0.1) is 18.8 Å². The lowest BCUT2D eigenvalue weighted by molar-refractivity contribution is 0.0696. The first-order valence-electron chi connectivity index (χ1n) is 4.18. The zero-order chi connectivity index (χ0) is 10.6. The van der Waals surface area contributed by atoms with E-state index in [-0.39, 0.29) is 0 Å². The van der Waals surface area contributed by atoms with Gasteiger partial charge in [-0.2, -0.15) is 0 Å². The maximum atomic E-state index is 10.7. The number of aryl methyl sites for hydroxylation is 1. The fraction of sp³-hybridized carbons (Fsp3) is 0.182. The number of carboxylic acids is 1. The Morgan fingerprint density at radius 3 is 2.79 bits per heavy atom. The molecule has 14 heavy (non-hydrogen) atoms. The van der Waals surface area contributed by atoms with Crippen molar-refractivity contribution in [2.75, 3.05) is 6.54 Å². The highest BCUT2D eigenvalue weighted by Crippen LogP contribution is 2.10. The number of carboxylic acid groups (broad SMARTS) is 1. The summed E-state index contributed by atoms with van der Waals surface area (Å²) >= 11 is 0. The van der Waals surface area contributed by atoms with Crippen molar-refractivity contribution in [1.29, 1.82) is 0 Å². The standard InChI is InChI=1S/C11H11NO2/c1-8-7-9(3-2-6-12)4-5-10(8)11(13)14/h4-5,7H,6,12H2,1H3,(H,13,14). The average Bonchev–Trinajstić information content (AvgIpc) is 2.14. The van der Waals surface area contributed by atoms with Gasteiger partial charge in [0.05, 0.1) is 12.1 Å². The van der Waals surface area contributed by atoms with E-state index in [4.69, 9.17) is 10.8 Å². The molecule has 0 aliphatic carbocycles. The van der Waals surface area contributed by atoms with E-state index in [2.05, 4.69) is 11.8 Å². The van der Waals surface area contributed by atoms with Crippen LogP contribution >= 0.6 is 0 Å². The Kier molecular flexibility index (Phi) is 3.27. The van der Waals surface area contributed by atoms with Crippen molar-refractivity contribution in [2.45, 2.75) is 6.92 Å². The monoisotopic (exact) mass is 189 g/mol. The number of carbonyl (C=O) groups is 1. The van der Waals surface area contributed by atoms with E-state index < -0.39 is 5.97 Å². The molecule has 1 aromatic carbocycles. The van der Waals surface area contributed by atoms with Crippen LogP contribution in [0.2, 0.25) is 0 Å². The van der Waals surface area contributed by atoms with E-state index in [1.54, 1.807) is 25.1 Å². The Hall–Kier alpha value is -1.79. The predicted molar refractivity (Wildman–Crippen MR) is 54.1 cm³/mol. The van der Waals surface area contributed by atoms with Crippen molar-refractivity contribution >= 4 is 5.97 Å². The van der Waals surface area contributed by atoms with E-state index in [1.807, 2.05) is 0 Å². The second-order valence-electron chi connectivity index (χ2n) is 2.84. The molecule has 3 N–H and O–H groups in total. The van der Waals surface area contributed by atoms with Gasteiger partial charge in [-0.15, -0.1) is 0 Å². The zero-order valence-corrected chi connectivity index (χ0v) is 7.87. The van der Waals surface area contributed by atoms with Crippen LogP contribution in [-0.2, 0) is 0 Å². The summed E-state index contributed by atoms with van der Waals surface area (Å²) in [5, 5.41) is 8.78. The number of aromatic carboxylic acids is 1. The maximum Gasteiger partial charge on any atom is 0.335 e. The second-order valence-corrected chi connectivity index (χ2v) is 2.84. The summed E-state index contributed by atoms with van der Waals surface area (Å²) in [4.78, 5) is 10.7. The first-order valence-corrected chi connectivity index (χ1v) is 4.18. The number of rotatable bonds is 1. The largest absolute Gasteiger partial charge is 0.478 e. The van der Waals surface area contributed by atoms with Gasteiger partial charge in [0.25, 0.3) is 0 Å². The Bertz CT molecular complexity index is 413. The third-order valence-corrected chi connectivity index (χ3v) is 1.79. The summed E-state index contributed by atoms with van der Waals surface area (Å²) in [6, 6.07) is 4.98. The van der Waals surface area contributed by atoms with Crippen LogP contribution in [0.4, 0.5) is 0 Å². The van der Waals surface area contributed by atoms with Crippen LogP contribution in [0.1, 0.15) is 21.5 Å². The third-order valence-electron chi connectivity index (χ3n) is 1.79. The number of hydrogen-bond donors (Lipinski definition) is 2. The van der Waals surface area contributed by atoms with Gasteiger partial charge in [-0.25, -0.2) is 4.79 Å². The van der Waals surface area contributed by atoms with Crippen LogP contribution < -0.4 is 5.73 Å². The van der Waals surface area contributed by atoms with Gasteiger partial charge in [0.1, 0.15) is 0 Å². The Labute approximate surface area is 82.6 Å². The van der Waals surface area contributed by atoms with Gasteiger partial charge in [0, 0.05) is 5.56 Å². The predicted octanol–water partition coefficient (Wildman–Crippen LogP) is 1.00. The van der Waals surface area contributed by atoms with Crippen molar-refractivity contribution < 1.29 is 9.90 Å². The first-order chi connectivity index (χ1) is 6.65. The average molecular weight is 189 g/mol. The molecule has 1 aromatic rings. The summed E-state index contributed by atoms with van der Waals surface area (Å²) in [6.07, 6.45) is 0. The summed E-state index contributed by atoms with van der Waals surface area (Å²) in [7, 11) is 0. The van der Waals surface area contributed by atoms with Crippen LogP contribution in [0.25, 0.3) is 0 Å². The van der Waals surface area contributed by atoms with Gasteiger partial charge in [0.15, 0.2) is 0 Å². The molecular formula is C11H11NO2. The Morgan fingerprint density at radius 2 is 2.29 bits per heavy atom. The van der Waals surface area contributed by atoms with Crippen LogP contribution in [0.3, 0.4) is 0 Å². The second kappa shape index (κ2) is 4.45. The smallest absolute Gasteiger partial charge is 0.335 e. The molecule has 1 rings (SSSR count). The highest BCUT2D eigenvalue weighted by molar-refractivity contribution is 5.89. The van der Waals surface area contributed by atoms with Crippen LogP contribution in [0.5, 0.6) is 0 Å². The van der Waals surface area contributed by atoms with Gasteiger partial charge in [0.2, 0.25) is 0 Å². The molecule has 0 aromatic heterocycles. The first kappa shape index (κ1) is 10.3. The molecule has 3 nitrogen and oxygen atoms in total. The maximum absolute atomic E-state index is 10.7. The SMILES string of the molecule is Cc1cc(C#CCN)ccc1C(=O)O. The summed E-state index contributed by atoms with van der Waals surface area (Å²) in [6.45, 7) is 2.05. The summed E-state index contributed by atoms with van der Waals surface area (Å²) in [5.74, 6) is 4.64. The lowest BCUT2D eigenvalue weighted by Crippen LogP contribution is -1.99. The lowest BCUT2D eigenvalue weighted by atomic mass is 10.1. The molecule has 0 bridgehead atoms. The molecule has 72 valence electrons.